The summed E-state index contributed by atoms with van der Waals surface area (Å²) < 4.78 is 2.25. The van der Waals surface area contributed by atoms with Crippen molar-refractivity contribution in [3.05, 3.63) is 17.0 Å². The first-order chi connectivity index (χ1) is 9.28. The van der Waals surface area contributed by atoms with E-state index in [2.05, 4.69) is 58.5 Å². The Labute approximate surface area is 125 Å². The lowest BCUT2D eigenvalue weighted by molar-refractivity contribution is 0.337. The van der Waals surface area contributed by atoms with E-state index in [0.717, 1.165) is 25.9 Å². The molecule has 3 heteroatoms. The quantitative estimate of drug-likeness (QED) is 0.819. The van der Waals surface area contributed by atoms with E-state index in [1.807, 2.05) is 0 Å². The molecule has 0 amide bonds. The highest BCUT2D eigenvalue weighted by atomic mass is 15.3. The molecule has 1 aromatic heterocycles. The molecule has 3 nitrogen and oxygen atoms in total. The molecule has 0 spiro atoms. The largest absolute Gasteiger partial charge is 0.310 e. The van der Waals surface area contributed by atoms with Crippen molar-refractivity contribution in [3.8, 4) is 0 Å². The number of rotatable bonds is 7. The van der Waals surface area contributed by atoms with E-state index in [9.17, 15) is 0 Å². The lowest BCUT2D eigenvalue weighted by atomic mass is 9.92. The van der Waals surface area contributed by atoms with Crippen LogP contribution in [0.5, 0.6) is 0 Å². The molecular formula is C17H33N3. The Morgan fingerprint density at radius 2 is 1.80 bits per heavy atom. The van der Waals surface area contributed by atoms with Gasteiger partial charge in [0.15, 0.2) is 0 Å². The highest BCUT2D eigenvalue weighted by Crippen LogP contribution is 2.22. The lowest BCUT2D eigenvalue weighted by Gasteiger charge is -2.18. The molecule has 1 N–H and O–H groups in total. The van der Waals surface area contributed by atoms with Gasteiger partial charge in [-0.2, -0.15) is 5.10 Å². The highest BCUT2D eigenvalue weighted by molar-refractivity contribution is 5.26. The zero-order chi connectivity index (χ0) is 15.3. The third-order valence-electron chi connectivity index (χ3n) is 3.68. The number of aromatic nitrogens is 2. The summed E-state index contributed by atoms with van der Waals surface area (Å²) in [7, 11) is 0. The van der Waals surface area contributed by atoms with Gasteiger partial charge < -0.3 is 5.32 Å². The molecule has 0 aliphatic heterocycles. The fourth-order valence-electron chi connectivity index (χ4n) is 2.41. The molecule has 0 aromatic carbocycles. The van der Waals surface area contributed by atoms with E-state index in [-0.39, 0.29) is 0 Å². The fraction of sp³-hybridized carbons (Fsp3) is 0.824. The summed E-state index contributed by atoms with van der Waals surface area (Å²) in [5.74, 6) is 0. The minimum absolute atomic E-state index is 0.361. The minimum atomic E-state index is 0.361. The Bertz CT molecular complexity index is 411. The van der Waals surface area contributed by atoms with Gasteiger partial charge in [-0.15, -0.1) is 0 Å². The summed E-state index contributed by atoms with van der Waals surface area (Å²) in [5.41, 5.74) is 4.47. The maximum Gasteiger partial charge on any atom is 0.0669 e. The molecule has 0 aliphatic rings. The van der Waals surface area contributed by atoms with Gasteiger partial charge in [-0.1, -0.05) is 48.5 Å². The summed E-state index contributed by atoms with van der Waals surface area (Å²) in [6.45, 7) is 17.7. The van der Waals surface area contributed by atoms with E-state index in [1.165, 1.54) is 23.4 Å². The Kier molecular flexibility index (Phi) is 6.25. The third-order valence-corrected chi connectivity index (χ3v) is 3.68. The van der Waals surface area contributed by atoms with Crippen molar-refractivity contribution in [2.24, 2.45) is 5.41 Å². The standard InChI is InChI=1S/C17H33N3/c1-8-15-14(12-18-13(3)4)16(9-2)20(19-15)11-10-17(5,6)7/h13,18H,8-12H2,1-7H3. The molecule has 0 unspecified atom stereocenters. The molecule has 0 saturated carbocycles. The Morgan fingerprint density at radius 3 is 2.25 bits per heavy atom. The topological polar surface area (TPSA) is 29.9 Å². The Hall–Kier alpha value is -0.830. The van der Waals surface area contributed by atoms with Gasteiger partial charge in [0.25, 0.3) is 0 Å². The van der Waals surface area contributed by atoms with Crippen LogP contribution in [-0.2, 0) is 25.9 Å². The molecular weight excluding hydrogens is 246 g/mol. The second-order valence-corrected chi connectivity index (χ2v) is 7.15. The van der Waals surface area contributed by atoms with Crippen LogP contribution in [0.1, 0.15) is 71.8 Å². The van der Waals surface area contributed by atoms with Gasteiger partial charge in [-0.05, 0) is 24.7 Å². The van der Waals surface area contributed by atoms with Gasteiger partial charge in [0.05, 0.1) is 5.69 Å². The number of hydrogen-bond donors (Lipinski definition) is 1. The highest BCUT2D eigenvalue weighted by Gasteiger charge is 2.17. The van der Waals surface area contributed by atoms with Crippen LogP contribution in [0.3, 0.4) is 0 Å². The Morgan fingerprint density at radius 1 is 1.15 bits per heavy atom. The number of nitrogens with zero attached hydrogens (tertiary/aromatic N) is 2. The molecule has 0 atom stereocenters. The fourth-order valence-corrected chi connectivity index (χ4v) is 2.41. The molecule has 0 saturated heterocycles. The van der Waals surface area contributed by atoms with Crippen molar-refractivity contribution in [1.82, 2.24) is 15.1 Å². The van der Waals surface area contributed by atoms with Crippen LogP contribution < -0.4 is 5.32 Å². The smallest absolute Gasteiger partial charge is 0.0669 e. The molecule has 1 heterocycles. The number of hydrogen-bond acceptors (Lipinski definition) is 2. The monoisotopic (exact) mass is 279 g/mol. The zero-order valence-corrected chi connectivity index (χ0v) is 14.5. The summed E-state index contributed by atoms with van der Waals surface area (Å²) in [5, 5.41) is 8.40. The molecule has 0 bridgehead atoms. The molecule has 116 valence electrons. The second kappa shape index (κ2) is 7.26. The Balaban J connectivity index is 2.95. The zero-order valence-electron chi connectivity index (χ0n) is 14.5. The van der Waals surface area contributed by atoms with Crippen LogP contribution >= 0.6 is 0 Å². The molecule has 0 aliphatic carbocycles. The van der Waals surface area contributed by atoms with Crippen molar-refractivity contribution >= 4 is 0 Å². The maximum absolute atomic E-state index is 4.86. The van der Waals surface area contributed by atoms with Crippen molar-refractivity contribution in [2.45, 2.75) is 86.9 Å². The number of aryl methyl sites for hydroxylation is 2. The van der Waals surface area contributed by atoms with E-state index >= 15 is 0 Å². The first kappa shape index (κ1) is 17.2. The molecule has 20 heavy (non-hydrogen) atoms. The summed E-state index contributed by atoms with van der Waals surface area (Å²) in [6.07, 6.45) is 3.25. The van der Waals surface area contributed by atoms with Crippen LogP contribution in [0.2, 0.25) is 0 Å². The van der Waals surface area contributed by atoms with Gasteiger partial charge in [0.2, 0.25) is 0 Å². The van der Waals surface area contributed by atoms with Crippen LogP contribution in [-0.4, -0.2) is 15.8 Å². The van der Waals surface area contributed by atoms with Crippen molar-refractivity contribution < 1.29 is 0 Å². The molecule has 1 aromatic rings. The average molecular weight is 279 g/mol. The summed E-state index contributed by atoms with van der Waals surface area (Å²) >= 11 is 0. The maximum atomic E-state index is 4.86. The van der Waals surface area contributed by atoms with Crippen molar-refractivity contribution in [2.75, 3.05) is 0 Å². The van der Waals surface area contributed by atoms with Crippen LogP contribution in [0.15, 0.2) is 0 Å². The predicted octanol–water partition coefficient (Wildman–Crippen LogP) is 3.94. The van der Waals surface area contributed by atoms with Gasteiger partial charge in [0, 0.05) is 30.4 Å². The van der Waals surface area contributed by atoms with Gasteiger partial charge in [-0.3, -0.25) is 4.68 Å². The van der Waals surface area contributed by atoms with E-state index in [0.29, 0.717) is 11.5 Å². The van der Waals surface area contributed by atoms with Gasteiger partial charge >= 0.3 is 0 Å². The minimum Gasteiger partial charge on any atom is -0.310 e. The summed E-state index contributed by atoms with van der Waals surface area (Å²) in [6, 6.07) is 0.516. The van der Waals surface area contributed by atoms with Crippen LogP contribution in [0, 0.1) is 5.41 Å². The number of nitrogens with one attached hydrogen (secondary N) is 1. The molecule has 0 radical (unpaired) electrons. The first-order valence-corrected chi connectivity index (χ1v) is 8.09. The SMILES string of the molecule is CCc1nn(CCC(C)(C)C)c(CC)c1CNC(C)C. The van der Waals surface area contributed by atoms with Crippen molar-refractivity contribution in [3.63, 3.8) is 0 Å². The molecule has 0 fully saturated rings. The normalized spacial score (nSPS) is 12.4. The summed E-state index contributed by atoms with van der Waals surface area (Å²) in [4.78, 5) is 0. The lowest BCUT2D eigenvalue weighted by Crippen LogP contribution is -2.23. The van der Waals surface area contributed by atoms with Crippen LogP contribution in [0.25, 0.3) is 0 Å². The van der Waals surface area contributed by atoms with Crippen LogP contribution in [0.4, 0.5) is 0 Å². The van der Waals surface area contributed by atoms with E-state index in [4.69, 9.17) is 5.10 Å². The average Bonchev–Trinajstić information content (AvgIpc) is 2.69. The third kappa shape index (κ3) is 4.93. The van der Waals surface area contributed by atoms with Gasteiger partial charge in [-0.25, -0.2) is 0 Å². The first-order valence-electron chi connectivity index (χ1n) is 8.09. The predicted molar refractivity (Wildman–Crippen MR) is 87.0 cm³/mol. The van der Waals surface area contributed by atoms with E-state index < -0.39 is 0 Å². The molecule has 1 rings (SSSR count). The second-order valence-electron chi connectivity index (χ2n) is 7.15. The van der Waals surface area contributed by atoms with Gasteiger partial charge in [0.1, 0.15) is 0 Å². The van der Waals surface area contributed by atoms with Crippen molar-refractivity contribution in [1.29, 1.82) is 0 Å². The van der Waals surface area contributed by atoms with E-state index in [1.54, 1.807) is 0 Å².